The third-order valence-electron chi connectivity index (χ3n) is 7.58. The Morgan fingerprint density at radius 2 is 0.756 bits per heavy atom. The minimum atomic E-state index is 0.0299. The molecule has 4 aromatic carbocycles. The molecule has 0 saturated carbocycles. The van der Waals surface area contributed by atoms with Gasteiger partial charge in [0, 0.05) is 11.1 Å². The van der Waals surface area contributed by atoms with Gasteiger partial charge in [0.1, 0.15) is 0 Å². The van der Waals surface area contributed by atoms with Crippen LogP contribution in [0.15, 0.2) is 109 Å². The monoisotopic (exact) mass is 666 g/mol. The van der Waals surface area contributed by atoms with Crippen LogP contribution in [0.4, 0.5) is 0 Å². The molecular formula is C40H36N2O2Zr. The average Bonchev–Trinajstić information content (AvgIpc) is 3.05. The molecule has 0 N–H and O–H groups in total. The van der Waals surface area contributed by atoms with E-state index in [1.165, 1.54) is 0 Å². The van der Waals surface area contributed by atoms with E-state index in [4.69, 9.17) is 9.97 Å². The fraction of sp³-hybridized carbons (Fsp3) is 0.150. The minimum absolute atomic E-state index is 0.0299. The van der Waals surface area contributed by atoms with Gasteiger partial charge in [0.25, 0.3) is 0 Å². The predicted octanol–water partition coefficient (Wildman–Crippen LogP) is 9.36. The molecule has 2 heterocycles. The zero-order valence-corrected chi connectivity index (χ0v) is 29.1. The van der Waals surface area contributed by atoms with E-state index in [1.807, 2.05) is 137 Å². The van der Waals surface area contributed by atoms with E-state index in [1.54, 1.807) is 0 Å². The second-order valence-corrected chi connectivity index (χ2v) is 13.8. The molecule has 0 radical (unpaired) electrons. The molecule has 0 bridgehead atoms. The summed E-state index contributed by atoms with van der Waals surface area (Å²) in [4.78, 5) is 10.0. The van der Waals surface area contributed by atoms with Gasteiger partial charge < -0.3 is 10.2 Å². The number of hydrogen-bond acceptors (Lipinski definition) is 4. The summed E-state index contributed by atoms with van der Waals surface area (Å²) in [7, 11) is 0. The first-order valence-electron chi connectivity index (χ1n) is 15.0. The normalized spacial score (nSPS) is 10.5. The quantitative estimate of drug-likeness (QED) is 0.184. The van der Waals surface area contributed by atoms with Crippen molar-refractivity contribution in [1.29, 1.82) is 0 Å². The molecule has 6 rings (SSSR count). The van der Waals surface area contributed by atoms with Crippen molar-refractivity contribution < 1.29 is 33.4 Å². The standard InChI is InChI=1S/C38H32N2O2.2CH3.Zr/c1-23-19-25(3)37(41)31(21-23)27-11-5-7-13-29(27)33-15-9-17-35(39-33)36-18-10-16-34(40-36)30-14-8-6-12-28(30)32-22-24(2)20-26(4)38(32)42;;;/h5-22,41-42H,1-4H3;2*1H3;/q;;;+2/p-2. The average molecular weight is 668 g/mol. The summed E-state index contributed by atoms with van der Waals surface area (Å²) in [6.45, 7) is 7.72. The van der Waals surface area contributed by atoms with Gasteiger partial charge in [-0.15, -0.1) is 0 Å². The van der Waals surface area contributed by atoms with Crippen molar-refractivity contribution in [3.05, 3.63) is 131 Å². The van der Waals surface area contributed by atoms with Crippen molar-refractivity contribution in [2.24, 2.45) is 0 Å². The topological polar surface area (TPSA) is 71.9 Å². The SMILES string of the molecule is Cc1cc(C)c([O-])c(-c2ccccc2-c2cccc(-c3cccc(-c4ccccc4-c4cc(C)cc(C)c4[O-])n3)n2)c1.[CH3][Zr+2][CH3]. The predicted molar refractivity (Wildman–Crippen MR) is 179 cm³/mol. The molecule has 6 aromatic rings. The van der Waals surface area contributed by atoms with Gasteiger partial charge in [-0.2, -0.15) is 0 Å². The summed E-state index contributed by atoms with van der Waals surface area (Å²) in [5.74, 6) is 0.0598. The Kier molecular flexibility index (Phi) is 10.1. The first-order chi connectivity index (χ1) is 21.7. The maximum absolute atomic E-state index is 13.1. The molecule has 0 atom stereocenters. The molecule has 0 fully saturated rings. The van der Waals surface area contributed by atoms with Crippen molar-refractivity contribution in [3.63, 3.8) is 0 Å². The molecule has 2 aromatic heterocycles. The Labute approximate surface area is 278 Å². The van der Waals surface area contributed by atoms with Gasteiger partial charge in [0.05, 0.1) is 22.8 Å². The molecule has 0 spiro atoms. The van der Waals surface area contributed by atoms with Crippen LogP contribution in [0.5, 0.6) is 11.5 Å². The number of aromatic nitrogens is 2. The summed E-state index contributed by atoms with van der Waals surface area (Å²) in [5.41, 5.74) is 11.4. The number of pyridine rings is 2. The molecule has 4 nitrogen and oxygen atoms in total. The second-order valence-electron chi connectivity index (χ2n) is 11.3. The first kappa shape index (κ1) is 32.1. The Bertz CT molecular complexity index is 1840. The molecule has 0 aliphatic heterocycles. The fourth-order valence-corrected chi connectivity index (χ4v) is 5.65. The van der Waals surface area contributed by atoms with Crippen LogP contribution < -0.4 is 10.2 Å². The van der Waals surface area contributed by atoms with Crippen LogP contribution in [0, 0.1) is 27.7 Å². The van der Waals surface area contributed by atoms with Crippen LogP contribution in [0.2, 0.25) is 9.26 Å². The number of benzene rings is 4. The number of aryl methyl sites for hydroxylation is 4. The van der Waals surface area contributed by atoms with Crippen molar-refractivity contribution >= 4 is 0 Å². The molecule has 0 amide bonds. The second kappa shape index (κ2) is 14.2. The Morgan fingerprint density at radius 1 is 0.422 bits per heavy atom. The van der Waals surface area contributed by atoms with E-state index < -0.39 is 0 Å². The van der Waals surface area contributed by atoms with E-state index in [0.29, 0.717) is 11.1 Å². The van der Waals surface area contributed by atoms with E-state index in [9.17, 15) is 10.2 Å². The number of rotatable bonds is 5. The van der Waals surface area contributed by atoms with E-state index in [0.717, 1.165) is 67.3 Å². The van der Waals surface area contributed by atoms with Gasteiger partial charge in [0.2, 0.25) is 0 Å². The van der Waals surface area contributed by atoms with Crippen molar-refractivity contribution in [3.8, 4) is 67.7 Å². The zero-order valence-electron chi connectivity index (χ0n) is 26.6. The van der Waals surface area contributed by atoms with Crippen molar-refractivity contribution in [2.45, 2.75) is 37.0 Å². The van der Waals surface area contributed by atoms with Crippen LogP contribution >= 0.6 is 0 Å². The van der Waals surface area contributed by atoms with Crippen LogP contribution in [-0.2, 0) is 23.2 Å². The van der Waals surface area contributed by atoms with Gasteiger partial charge >= 0.3 is 32.5 Å². The molecule has 0 saturated heterocycles. The molecule has 222 valence electrons. The zero-order chi connectivity index (χ0) is 32.1. The van der Waals surface area contributed by atoms with Crippen LogP contribution in [0.1, 0.15) is 22.3 Å². The van der Waals surface area contributed by atoms with Crippen molar-refractivity contribution in [2.75, 3.05) is 0 Å². The first-order valence-corrected chi connectivity index (χ1v) is 19.9. The van der Waals surface area contributed by atoms with Gasteiger partial charge in [-0.25, -0.2) is 9.97 Å². The molecule has 0 aliphatic rings. The summed E-state index contributed by atoms with van der Waals surface area (Å²) in [5, 5.41) is 26.2. The number of nitrogens with zero attached hydrogens (tertiary/aromatic N) is 2. The van der Waals surface area contributed by atoms with Crippen LogP contribution in [0.3, 0.4) is 0 Å². The van der Waals surface area contributed by atoms with Crippen LogP contribution in [-0.4, -0.2) is 9.97 Å². The Morgan fingerprint density at radius 3 is 1.13 bits per heavy atom. The summed E-state index contributed by atoms with van der Waals surface area (Å²) < 4.78 is 4.59. The third-order valence-corrected chi connectivity index (χ3v) is 7.58. The summed E-state index contributed by atoms with van der Waals surface area (Å²) >= 11 is 0.230. The van der Waals surface area contributed by atoms with Gasteiger partial charge in [-0.05, 0) is 74.2 Å². The van der Waals surface area contributed by atoms with Crippen LogP contribution in [0.25, 0.3) is 56.2 Å². The van der Waals surface area contributed by atoms with Crippen molar-refractivity contribution in [1.82, 2.24) is 9.97 Å². The molecule has 45 heavy (non-hydrogen) atoms. The molecular weight excluding hydrogens is 632 g/mol. The van der Waals surface area contributed by atoms with Gasteiger partial charge in [-0.1, -0.05) is 119 Å². The van der Waals surface area contributed by atoms with Gasteiger partial charge in [0.15, 0.2) is 0 Å². The van der Waals surface area contributed by atoms with E-state index in [2.05, 4.69) is 9.26 Å². The Hall–Kier alpha value is -4.34. The third kappa shape index (κ3) is 7.00. The molecule has 5 heteroatoms. The summed E-state index contributed by atoms with van der Waals surface area (Å²) in [6.07, 6.45) is 0. The molecule has 0 unspecified atom stereocenters. The maximum atomic E-state index is 13.1. The van der Waals surface area contributed by atoms with E-state index >= 15 is 0 Å². The summed E-state index contributed by atoms with van der Waals surface area (Å²) in [6, 6.07) is 35.3. The number of hydrogen-bond donors (Lipinski definition) is 0. The van der Waals surface area contributed by atoms with Gasteiger partial charge in [-0.3, -0.25) is 0 Å². The molecule has 0 aliphatic carbocycles. The fourth-order valence-electron chi connectivity index (χ4n) is 5.65. The Balaban J connectivity index is 0.00000128. The van der Waals surface area contributed by atoms with E-state index in [-0.39, 0.29) is 34.7 Å².